The third-order valence-electron chi connectivity index (χ3n) is 4.95. The van der Waals surface area contributed by atoms with Crippen molar-refractivity contribution in [2.24, 2.45) is 0 Å². The van der Waals surface area contributed by atoms with E-state index in [-0.39, 0.29) is 34.6 Å². The van der Waals surface area contributed by atoms with Crippen LogP contribution in [0.15, 0.2) is 78.4 Å². The average Bonchev–Trinajstić information content (AvgIpc) is 3.13. The van der Waals surface area contributed by atoms with Crippen molar-refractivity contribution in [1.82, 2.24) is 5.43 Å². The Balaban J connectivity index is 1.53. The molecule has 0 bridgehead atoms. The minimum Gasteiger partial charge on any atom is -0.490 e. The molecule has 1 aliphatic heterocycles. The predicted octanol–water partition coefficient (Wildman–Crippen LogP) is 4.22. The second-order valence-corrected chi connectivity index (χ2v) is 7.85. The topological polar surface area (TPSA) is 97.0 Å². The number of para-hydroxylation sites is 2. The number of hydrogen-bond donors (Lipinski definition) is 2. The number of anilines is 2. The molecule has 2 N–H and O–H groups in total. The van der Waals surface area contributed by atoms with Gasteiger partial charge in [0.25, 0.3) is 17.7 Å². The molecule has 1 fully saturated rings. The van der Waals surface area contributed by atoms with Crippen molar-refractivity contribution in [3.05, 3.63) is 89.0 Å². The number of amides is 3. The van der Waals surface area contributed by atoms with Crippen LogP contribution >= 0.6 is 11.6 Å². The van der Waals surface area contributed by atoms with Gasteiger partial charge < -0.3 is 14.8 Å². The Hall–Kier alpha value is -4.30. The Morgan fingerprint density at radius 3 is 2.40 bits per heavy atom. The van der Waals surface area contributed by atoms with Gasteiger partial charge in [0.15, 0.2) is 18.1 Å². The molecule has 3 aromatic carbocycles. The van der Waals surface area contributed by atoms with Crippen LogP contribution in [0.3, 0.4) is 0 Å². The molecule has 178 valence electrons. The lowest BCUT2D eigenvalue weighted by atomic mass is 10.1. The Labute approximate surface area is 207 Å². The Morgan fingerprint density at radius 2 is 1.71 bits per heavy atom. The number of hydrogen-bond acceptors (Lipinski definition) is 5. The summed E-state index contributed by atoms with van der Waals surface area (Å²) >= 11 is 6.43. The third-order valence-corrected chi connectivity index (χ3v) is 5.23. The first kappa shape index (κ1) is 23.8. The summed E-state index contributed by atoms with van der Waals surface area (Å²) in [5.74, 6) is -0.925. The molecule has 0 unspecified atom stereocenters. The zero-order valence-corrected chi connectivity index (χ0v) is 19.5. The highest BCUT2D eigenvalue weighted by Crippen LogP contribution is 2.37. The van der Waals surface area contributed by atoms with Gasteiger partial charge in [-0.25, -0.2) is 5.01 Å². The molecule has 4 rings (SSSR count). The summed E-state index contributed by atoms with van der Waals surface area (Å²) in [4.78, 5) is 37.6. The maximum absolute atomic E-state index is 12.9. The molecule has 1 saturated heterocycles. The highest BCUT2D eigenvalue weighted by molar-refractivity contribution is 6.33. The zero-order valence-electron chi connectivity index (χ0n) is 18.8. The Bertz CT molecular complexity index is 1280. The van der Waals surface area contributed by atoms with E-state index < -0.39 is 11.8 Å². The van der Waals surface area contributed by atoms with Crippen molar-refractivity contribution in [3.63, 3.8) is 0 Å². The van der Waals surface area contributed by atoms with Gasteiger partial charge in [0, 0.05) is 5.69 Å². The van der Waals surface area contributed by atoms with E-state index in [4.69, 9.17) is 21.1 Å². The molecular weight excluding hydrogens is 470 g/mol. The third kappa shape index (κ3) is 5.62. The maximum Gasteiger partial charge on any atom is 0.282 e. The van der Waals surface area contributed by atoms with Crippen LogP contribution in [0.25, 0.3) is 6.08 Å². The second kappa shape index (κ2) is 10.8. The van der Waals surface area contributed by atoms with E-state index in [0.29, 0.717) is 23.5 Å². The first-order valence-corrected chi connectivity index (χ1v) is 11.2. The largest absolute Gasteiger partial charge is 0.490 e. The van der Waals surface area contributed by atoms with E-state index in [9.17, 15) is 14.4 Å². The molecule has 0 saturated carbocycles. The number of benzene rings is 3. The van der Waals surface area contributed by atoms with Gasteiger partial charge in [-0.1, -0.05) is 48.0 Å². The predicted molar refractivity (Wildman–Crippen MR) is 133 cm³/mol. The molecule has 0 aliphatic carbocycles. The van der Waals surface area contributed by atoms with Crippen LogP contribution in [0.5, 0.6) is 11.5 Å². The second-order valence-electron chi connectivity index (χ2n) is 7.44. The number of nitrogens with one attached hydrogen (secondary N) is 2. The first-order chi connectivity index (χ1) is 17.0. The lowest BCUT2D eigenvalue weighted by molar-refractivity contribution is -0.118. The molecule has 0 spiro atoms. The molecule has 3 aromatic rings. The Morgan fingerprint density at radius 1 is 1.03 bits per heavy atom. The molecule has 3 amide bonds. The van der Waals surface area contributed by atoms with E-state index in [2.05, 4.69) is 10.7 Å². The molecular formula is C26H22ClN3O5. The van der Waals surface area contributed by atoms with Crippen molar-refractivity contribution in [1.29, 1.82) is 0 Å². The van der Waals surface area contributed by atoms with E-state index in [1.807, 2.05) is 24.3 Å². The lowest BCUT2D eigenvalue weighted by Gasteiger charge is -2.15. The molecule has 0 atom stereocenters. The van der Waals surface area contributed by atoms with Gasteiger partial charge in [-0.05, 0) is 55.0 Å². The van der Waals surface area contributed by atoms with Crippen LogP contribution < -0.4 is 25.2 Å². The van der Waals surface area contributed by atoms with Crippen molar-refractivity contribution in [2.45, 2.75) is 6.92 Å². The van der Waals surface area contributed by atoms with E-state index in [1.54, 1.807) is 49.4 Å². The molecule has 8 nitrogen and oxygen atoms in total. The van der Waals surface area contributed by atoms with Crippen LogP contribution in [-0.2, 0) is 14.4 Å². The molecule has 35 heavy (non-hydrogen) atoms. The number of nitrogens with zero attached hydrogens (tertiary/aromatic N) is 1. The minimum atomic E-state index is -0.536. The quantitative estimate of drug-likeness (QED) is 0.363. The highest BCUT2D eigenvalue weighted by Gasteiger charge is 2.34. The first-order valence-electron chi connectivity index (χ1n) is 10.8. The van der Waals surface area contributed by atoms with Crippen molar-refractivity contribution >= 4 is 46.8 Å². The van der Waals surface area contributed by atoms with Crippen LogP contribution in [0.1, 0.15) is 12.5 Å². The molecule has 0 radical (unpaired) electrons. The van der Waals surface area contributed by atoms with Crippen molar-refractivity contribution < 1.29 is 23.9 Å². The highest BCUT2D eigenvalue weighted by atomic mass is 35.5. The maximum atomic E-state index is 12.9. The van der Waals surface area contributed by atoms with Gasteiger partial charge in [-0.2, -0.15) is 0 Å². The van der Waals surface area contributed by atoms with Gasteiger partial charge in [-0.3, -0.25) is 19.8 Å². The summed E-state index contributed by atoms with van der Waals surface area (Å²) in [5.41, 5.74) is 4.15. The van der Waals surface area contributed by atoms with E-state index in [1.165, 1.54) is 17.2 Å². The van der Waals surface area contributed by atoms with E-state index >= 15 is 0 Å². The van der Waals surface area contributed by atoms with Gasteiger partial charge >= 0.3 is 0 Å². The summed E-state index contributed by atoms with van der Waals surface area (Å²) in [7, 11) is 0. The SMILES string of the molecule is CCOc1cc(C=C2C(=O)NN(c3ccccc3)C2=O)cc(Cl)c1OCC(=O)Nc1ccccc1. The number of ether oxygens (including phenoxy) is 2. The fourth-order valence-corrected chi connectivity index (χ4v) is 3.69. The monoisotopic (exact) mass is 491 g/mol. The summed E-state index contributed by atoms with van der Waals surface area (Å²) in [5, 5.41) is 4.08. The standard InChI is InChI=1S/C26H22ClN3O5/c1-2-34-22-15-17(13-20-25(32)29-30(26(20)33)19-11-7-4-8-12-19)14-21(27)24(22)35-16-23(31)28-18-9-5-3-6-10-18/h3-15H,2,16H2,1H3,(H,28,31)(H,29,32). The van der Waals surface area contributed by atoms with E-state index in [0.717, 1.165) is 0 Å². The lowest BCUT2D eigenvalue weighted by Crippen LogP contribution is -2.35. The number of hydrazine groups is 1. The number of rotatable bonds is 8. The fourth-order valence-electron chi connectivity index (χ4n) is 3.41. The van der Waals surface area contributed by atoms with Crippen LogP contribution in [0, 0.1) is 0 Å². The summed E-state index contributed by atoms with van der Waals surface area (Å²) in [6, 6.07) is 20.9. The zero-order chi connectivity index (χ0) is 24.8. The summed E-state index contributed by atoms with van der Waals surface area (Å²) in [6.07, 6.45) is 1.43. The smallest absolute Gasteiger partial charge is 0.282 e. The van der Waals surface area contributed by atoms with Crippen molar-refractivity contribution in [3.8, 4) is 11.5 Å². The molecule has 1 aliphatic rings. The summed E-state index contributed by atoms with van der Waals surface area (Å²) < 4.78 is 11.3. The van der Waals surface area contributed by atoms with Crippen LogP contribution in [0.4, 0.5) is 11.4 Å². The average molecular weight is 492 g/mol. The van der Waals surface area contributed by atoms with Crippen molar-refractivity contribution in [2.75, 3.05) is 23.5 Å². The normalized spacial score (nSPS) is 14.1. The number of halogens is 1. The van der Waals surface area contributed by atoms with Gasteiger partial charge in [0.1, 0.15) is 5.57 Å². The summed E-state index contributed by atoms with van der Waals surface area (Å²) in [6.45, 7) is 1.81. The van der Waals surface area contributed by atoms with Crippen LogP contribution in [0.2, 0.25) is 5.02 Å². The van der Waals surface area contributed by atoms with Gasteiger partial charge in [-0.15, -0.1) is 0 Å². The molecule has 1 heterocycles. The van der Waals surface area contributed by atoms with Gasteiger partial charge in [0.2, 0.25) is 0 Å². The van der Waals surface area contributed by atoms with Crippen LogP contribution in [-0.4, -0.2) is 30.9 Å². The van der Waals surface area contributed by atoms with Gasteiger partial charge in [0.05, 0.1) is 17.3 Å². The number of carbonyl (C=O) groups is 3. The Kier molecular flexibility index (Phi) is 7.32. The molecule has 9 heteroatoms. The fraction of sp³-hybridized carbons (Fsp3) is 0.115. The number of carbonyl (C=O) groups excluding carboxylic acids is 3. The minimum absolute atomic E-state index is 0.0525. The molecule has 0 aromatic heterocycles.